The second kappa shape index (κ2) is 16.7. The van der Waals surface area contributed by atoms with Gasteiger partial charge >= 0.3 is 12.2 Å². The summed E-state index contributed by atoms with van der Waals surface area (Å²) in [6, 6.07) is 13.2. The van der Waals surface area contributed by atoms with Crippen LogP contribution in [0.15, 0.2) is 54.7 Å². The summed E-state index contributed by atoms with van der Waals surface area (Å²) >= 11 is 0. The Hall–Kier alpha value is -5.40. The minimum atomic E-state index is -0.795. The van der Waals surface area contributed by atoms with Crippen molar-refractivity contribution in [2.45, 2.75) is 77.5 Å². The van der Waals surface area contributed by atoms with E-state index in [0.29, 0.717) is 37.4 Å². The smallest absolute Gasteiger partial charge is 0.407 e. The van der Waals surface area contributed by atoms with Gasteiger partial charge in [-0.05, 0) is 66.3 Å². The van der Waals surface area contributed by atoms with Gasteiger partial charge in [0, 0.05) is 18.8 Å². The summed E-state index contributed by atoms with van der Waals surface area (Å²) in [5, 5.41) is 8.23. The van der Waals surface area contributed by atoms with Gasteiger partial charge in [0.25, 0.3) is 0 Å². The van der Waals surface area contributed by atoms with Crippen molar-refractivity contribution in [3.8, 4) is 22.4 Å². The van der Waals surface area contributed by atoms with Crippen LogP contribution in [0, 0.1) is 11.8 Å². The van der Waals surface area contributed by atoms with Crippen molar-refractivity contribution in [3.05, 3.63) is 60.6 Å². The zero-order valence-electron chi connectivity index (χ0n) is 30.6. The van der Waals surface area contributed by atoms with E-state index in [4.69, 9.17) is 4.74 Å². The van der Waals surface area contributed by atoms with Crippen molar-refractivity contribution in [2.75, 3.05) is 32.6 Å². The average Bonchev–Trinajstić information content (AvgIpc) is 3.94. The van der Waals surface area contributed by atoms with Crippen LogP contribution in [0.3, 0.4) is 0 Å². The predicted octanol–water partition coefficient (Wildman–Crippen LogP) is 5.10. The van der Waals surface area contributed by atoms with Crippen molar-refractivity contribution >= 4 is 35.6 Å². The number of carbonyl (C=O) groups excluding carboxylic acids is 5. The number of hydrogen-bond donors (Lipinski definition) is 4. The molecule has 14 heteroatoms. The fourth-order valence-corrected chi connectivity index (χ4v) is 6.84. The van der Waals surface area contributed by atoms with Crippen LogP contribution < -0.4 is 16.0 Å². The largest absolute Gasteiger partial charge is 0.453 e. The van der Waals surface area contributed by atoms with Crippen LogP contribution in [0.25, 0.3) is 22.4 Å². The summed E-state index contributed by atoms with van der Waals surface area (Å²) in [7, 11) is 2.52. The zero-order chi connectivity index (χ0) is 37.5. The van der Waals surface area contributed by atoms with Crippen molar-refractivity contribution in [2.24, 2.45) is 11.8 Å². The molecule has 0 spiro atoms. The Balaban J connectivity index is 1.21. The number of rotatable bonds is 11. The topological polar surface area (TPSA) is 175 Å². The van der Waals surface area contributed by atoms with E-state index in [1.807, 2.05) is 76.2 Å². The molecule has 0 saturated carbocycles. The van der Waals surface area contributed by atoms with Crippen molar-refractivity contribution in [1.29, 1.82) is 0 Å². The number of likely N-dealkylation sites (tertiary alicyclic amines) is 2. The Kier molecular flexibility index (Phi) is 12.2. The lowest BCUT2D eigenvalue weighted by molar-refractivity contribution is -0.139. The highest BCUT2D eigenvalue weighted by molar-refractivity contribution is 5.99. The minimum Gasteiger partial charge on any atom is -0.453 e. The number of amides is 5. The van der Waals surface area contributed by atoms with E-state index in [1.165, 1.54) is 14.2 Å². The van der Waals surface area contributed by atoms with Gasteiger partial charge in [0.05, 0.1) is 32.2 Å². The van der Waals surface area contributed by atoms with E-state index in [2.05, 4.69) is 30.7 Å². The molecule has 2 aliphatic rings. The predicted molar refractivity (Wildman–Crippen MR) is 195 cm³/mol. The number of aromatic amines is 1. The first kappa shape index (κ1) is 37.8. The number of benzene rings is 2. The molecule has 0 aliphatic carbocycles. The van der Waals surface area contributed by atoms with Crippen molar-refractivity contribution in [3.63, 3.8) is 0 Å². The highest BCUT2D eigenvalue weighted by Gasteiger charge is 2.39. The molecular weight excluding hydrogens is 666 g/mol. The van der Waals surface area contributed by atoms with Gasteiger partial charge in [-0.2, -0.15) is 0 Å². The minimum absolute atomic E-state index is 0.115. The van der Waals surface area contributed by atoms with Gasteiger partial charge in [0.15, 0.2) is 0 Å². The molecular formula is C38H49N7O7. The number of ether oxygens (including phenoxy) is 2. The summed E-state index contributed by atoms with van der Waals surface area (Å²) in [4.78, 5) is 75.3. The molecule has 4 N–H and O–H groups in total. The van der Waals surface area contributed by atoms with Crippen LogP contribution in [0.5, 0.6) is 0 Å². The second-order valence-electron chi connectivity index (χ2n) is 13.9. The first-order chi connectivity index (χ1) is 24.9. The SMILES string of the molecule is COC(=O)N[C@H](C(=O)N1CCCC1C(=O)Nc1ccc(-c2ccc(-c3cnc([C@@H]4CCCN4C(=O)[C@@H](NC(=O)OC)C(C)C)[nH]3)cc2)cc1)C(C)C. The number of methoxy groups -OCH3 is 2. The van der Waals surface area contributed by atoms with Gasteiger partial charge in [-0.3, -0.25) is 14.4 Å². The van der Waals surface area contributed by atoms with Crippen molar-refractivity contribution < 1.29 is 33.4 Å². The number of alkyl carbamates (subject to hydrolysis) is 2. The molecule has 0 bridgehead atoms. The van der Waals surface area contributed by atoms with Crippen molar-refractivity contribution in [1.82, 2.24) is 30.4 Å². The molecule has 3 heterocycles. The molecule has 3 aromatic rings. The van der Waals surface area contributed by atoms with E-state index in [-0.39, 0.29) is 35.6 Å². The third-order valence-electron chi connectivity index (χ3n) is 9.75. The maximum absolute atomic E-state index is 13.5. The number of nitrogens with one attached hydrogen (secondary N) is 4. The molecule has 2 fully saturated rings. The lowest BCUT2D eigenvalue weighted by Crippen LogP contribution is -2.54. The number of hydrogen-bond acceptors (Lipinski definition) is 8. The standard InChI is InChI=1S/C38H49N7O7/c1-22(2)31(42-37(49)51-5)35(47)44-19-7-9-29(44)33-39-21-28(41-33)26-13-11-24(12-14-26)25-15-17-27(18-16-25)40-34(46)30-10-8-20-45(30)36(48)32(23(3)4)43-38(50)52-6/h11-18,21-23,29-32H,7-10,19-20H2,1-6H3,(H,39,41)(H,40,46)(H,42,49)(H,43,50)/t29-,30?,31-,32-/m0/s1. The fraction of sp³-hybridized carbons (Fsp3) is 0.474. The van der Waals surface area contributed by atoms with Gasteiger partial charge in [-0.1, -0.05) is 64.1 Å². The maximum atomic E-state index is 13.5. The van der Waals surface area contributed by atoms with Crippen LogP contribution >= 0.6 is 0 Å². The van der Waals surface area contributed by atoms with E-state index in [9.17, 15) is 24.0 Å². The summed E-state index contributed by atoms with van der Waals surface area (Å²) in [6.07, 6.45) is 3.27. The molecule has 5 amide bonds. The summed E-state index contributed by atoms with van der Waals surface area (Å²) in [6.45, 7) is 8.46. The second-order valence-corrected chi connectivity index (χ2v) is 13.9. The number of imidazole rings is 1. The molecule has 2 saturated heterocycles. The number of nitrogens with zero attached hydrogens (tertiary/aromatic N) is 3. The van der Waals surface area contributed by atoms with Crippen LogP contribution in [-0.4, -0.2) is 95.1 Å². The number of aromatic nitrogens is 2. The Bertz CT molecular complexity index is 1740. The van der Waals surface area contributed by atoms with E-state index in [0.717, 1.165) is 35.2 Å². The van der Waals surface area contributed by atoms with E-state index >= 15 is 0 Å². The average molecular weight is 716 g/mol. The van der Waals surface area contributed by atoms with Crippen LogP contribution in [-0.2, 0) is 23.9 Å². The maximum Gasteiger partial charge on any atom is 0.407 e. The number of H-pyrrole nitrogens is 1. The van der Waals surface area contributed by atoms with Crippen LogP contribution in [0.2, 0.25) is 0 Å². The van der Waals surface area contributed by atoms with Crippen LogP contribution in [0.4, 0.5) is 15.3 Å². The van der Waals surface area contributed by atoms with Gasteiger partial charge in [0.2, 0.25) is 17.7 Å². The van der Waals surface area contributed by atoms with Gasteiger partial charge in [-0.15, -0.1) is 0 Å². The van der Waals surface area contributed by atoms with E-state index < -0.39 is 30.3 Å². The van der Waals surface area contributed by atoms with Gasteiger partial charge < -0.3 is 40.2 Å². The molecule has 52 heavy (non-hydrogen) atoms. The molecule has 2 aliphatic heterocycles. The number of anilines is 1. The molecule has 2 aromatic carbocycles. The molecule has 1 unspecified atom stereocenters. The number of carbonyl (C=O) groups is 5. The summed E-state index contributed by atoms with van der Waals surface area (Å²) in [5.74, 6) is -0.331. The third kappa shape index (κ3) is 8.55. The Morgan fingerprint density at radius 3 is 1.79 bits per heavy atom. The normalized spacial score (nSPS) is 18.2. The lowest BCUT2D eigenvalue weighted by Gasteiger charge is -2.30. The Morgan fingerprint density at radius 1 is 0.731 bits per heavy atom. The molecule has 1 aromatic heterocycles. The quantitative estimate of drug-likeness (QED) is 0.212. The molecule has 5 rings (SSSR count). The highest BCUT2D eigenvalue weighted by Crippen LogP contribution is 2.33. The Morgan fingerprint density at radius 2 is 1.23 bits per heavy atom. The van der Waals surface area contributed by atoms with Crippen LogP contribution in [0.1, 0.15) is 65.2 Å². The highest BCUT2D eigenvalue weighted by atomic mass is 16.5. The first-order valence-electron chi connectivity index (χ1n) is 17.8. The monoisotopic (exact) mass is 715 g/mol. The first-order valence-corrected chi connectivity index (χ1v) is 17.8. The lowest BCUT2D eigenvalue weighted by atomic mass is 10.0. The molecule has 14 nitrogen and oxygen atoms in total. The molecule has 4 atom stereocenters. The third-order valence-corrected chi connectivity index (χ3v) is 9.75. The Labute approximate surface area is 304 Å². The summed E-state index contributed by atoms with van der Waals surface area (Å²) < 4.78 is 9.42. The fourth-order valence-electron chi connectivity index (χ4n) is 6.84. The van der Waals surface area contributed by atoms with E-state index in [1.54, 1.807) is 16.0 Å². The zero-order valence-corrected chi connectivity index (χ0v) is 30.6. The van der Waals surface area contributed by atoms with Gasteiger partial charge in [-0.25, -0.2) is 14.6 Å². The molecule has 0 radical (unpaired) electrons. The van der Waals surface area contributed by atoms with Gasteiger partial charge in [0.1, 0.15) is 23.9 Å². The summed E-state index contributed by atoms with van der Waals surface area (Å²) in [5.41, 5.74) is 4.32. The molecule has 278 valence electrons.